The average molecular weight is 402 g/mol. The van der Waals surface area contributed by atoms with E-state index in [1.807, 2.05) is 0 Å². The fourth-order valence-electron chi connectivity index (χ4n) is 2.18. The van der Waals surface area contributed by atoms with Gasteiger partial charge in [0.05, 0.1) is 21.3 Å². The largest absolute Gasteiger partial charge is 0.395 e. The van der Waals surface area contributed by atoms with Crippen LogP contribution in [0.3, 0.4) is 0 Å². The van der Waals surface area contributed by atoms with Gasteiger partial charge in [0.1, 0.15) is 4.90 Å². The zero-order valence-electron chi connectivity index (χ0n) is 11.2. The molecule has 2 atom stereocenters. The van der Waals surface area contributed by atoms with Gasteiger partial charge in [-0.25, -0.2) is 17.5 Å². The van der Waals surface area contributed by atoms with Gasteiger partial charge in [0.25, 0.3) is 0 Å². The average Bonchev–Trinajstić information content (AvgIpc) is 2.94. The molecule has 1 aliphatic heterocycles. The smallest absolute Gasteiger partial charge is 0.243 e. The lowest BCUT2D eigenvalue weighted by molar-refractivity contribution is 0.0902. The standard InChI is InChI=1S/C12H15BrClFN2O3S/c1-6(8-3-2-4-20-8)17-21(18,19)9-5-7(14)10(13)12(16)11(9)15/h5-6,8,17H,2-4,16H2,1H3. The number of hydrogen-bond donors (Lipinski definition) is 2. The van der Waals surface area contributed by atoms with Crippen LogP contribution in [0, 0.1) is 5.82 Å². The van der Waals surface area contributed by atoms with Crippen LogP contribution in [0.5, 0.6) is 0 Å². The van der Waals surface area contributed by atoms with E-state index >= 15 is 0 Å². The van der Waals surface area contributed by atoms with Crippen LogP contribution in [-0.4, -0.2) is 27.2 Å². The third-order valence-electron chi connectivity index (χ3n) is 3.31. The van der Waals surface area contributed by atoms with E-state index in [9.17, 15) is 12.8 Å². The molecule has 0 amide bonds. The van der Waals surface area contributed by atoms with Crippen molar-refractivity contribution in [1.82, 2.24) is 4.72 Å². The minimum atomic E-state index is -4.08. The Morgan fingerprint density at radius 2 is 2.29 bits per heavy atom. The van der Waals surface area contributed by atoms with Gasteiger partial charge in [-0.15, -0.1) is 0 Å². The van der Waals surface area contributed by atoms with E-state index in [4.69, 9.17) is 22.1 Å². The minimum absolute atomic E-state index is 0.0269. The molecule has 0 spiro atoms. The molecular weight excluding hydrogens is 387 g/mol. The topological polar surface area (TPSA) is 81.4 Å². The summed E-state index contributed by atoms with van der Waals surface area (Å²) in [7, 11) is -4.08. The lowest BCUT2D eigenvalue weighted by Gasteiger charge is -2.20. The third kappa shape index (κ3) is 3.50. The molecule has 3 N–H and O–H groups in total. The van der Waals surface area contributed by atoms with Crippen molar-refractivity contribution in [3.63, 3.8) is 0 Å². The van der Waals surface area contributed by atoms with E-state index in [1.54, 1.807) is 6.92 Å². The molecule has 2 unspecified atom stereocenters. The van der Waals surface area contributed by atoms with Crippen molar-refractivity contribution in [2.45, 2.75) is 36.8 Å². The highest BCUT2D eigenvalue weighted by atomic mass is 79.9. The highest BCUT2D eigenvalue weighted by Gasteiger charge is 2.30. The predicted octanol–water partition coefficient (Wildman–Crippen LogP) is 2.67. The second-order valence-corrected chi connectivity index (χ2v) is 7.74. The van der Waals surface area contributed by atoms with Gasteiger partial charge in [0.15, 0.2) is 5.82 Å². The predicted molar refractivity (Wildman–Crippen MR) is 82.3 cm³/mol. The number of anilines is 1. The van der Waals surface area contributed by atoms with Gasteiger partial charge in [-0.3, -0.25) is 0 Å². The van der Waals surface area contributed by atoms with E-state index in [0.717, 1.165) is 18.9 Å². The van der Waals surface area contributed by atoms with Crippen LogP contribution >= 0.6 is 27.5 Å². The van der Waals surface area contributed by atoms with Crippen LogP contribution in [0.1, 0.15) is 19.8 Å². The molecule has 1 aliphatic rings. The quantitative estimate of drug-likeness (QED) is 0.600. The molecule has 1 aromatic rings. The van der Waals surface area contributed by atoms with Crippen LogP contribution in [0.4, 0.5) is 10.1 Å². The highest BCUT2D eigenvalue weighted by Crippen LogP contribution is 2.34. The number of nitrogens with two attached hydrogens (primary N) is 1. The zero-order chi connectivity index (χ0) is 15.8. The van der Waals surface area contributed by atoms with Gasteiger partial charge >= 0.3 is 0 Å². The number of ether oxygens (including phenoxy) is 1. The first-order valence-electron chi connectivity index (χ1n) is 6.31. The molecule has 5 nitrogen and oxygen atoms in total. The van der Waals surface area contributed by atoms with Gasteiger partial charge in [-0.2, -0.15) is 0 Å². The Bertz CT molecular complexity index is 650. The van der Waals surface area contributed by atoms with Crippen LogP contribution < -0.4 is 10.5 Å². The summed E-state index contributed by atoms with van der Waals surface area (Å²) in [6.45, 7) is 2.28. The maximum Gasteiger partial charge on any atom is 0.243 e. The number of nitrogen functional groups attached to an aromatic ring is 1. The van der Waals surface area contributed by atoms with E-state index < -0.39 is 26.8 Å². The summed E-state index contributed by atoms with van der Waals surface area (Å²) in [6, 6.07) is 0.558. The third-order valence-corrected chi connectivity index (χ3v) is 6.25. The van der Waals surface area contributed by atoms with E-state index in [-0.39, 0.29) is 21.3 Å². The Kier molecular flexibility index (Phi) is 5.15. The number of hydrogen-bond acceptors (Lipinski definition) is 4. The molecule has 1 aromatic carbocycles. The van der Waals surface area contributed by atoms with Crippen LogP contribution in [0.2, 0.25) is 5.02 Å². The van der Waals surface area contributed by atoms with Crippen molar-refractivity contribution in [2.75, 3.05) is 12.3 Å². The fourth-order valence-corrected chi connectivity index (χ4v) is 4.13. The van der Waals surface area contributed by atoms with E-state index in [2.05, 4.69) is 20.7 Å². The molecular formula is C12H15BrClFN2O3S. The Hall–Kier alpha value is -0.410. The molecule has 0 aromatic heterocycles. The molecule has 21 heavy (non-hydrogen) atoms. The molecule has 0 bridgehead atoms. The fraction of sp³-hybridized carbons (Fsp3) is 0.500. The van der Waals surface area contributed by atoms with Crippen LogP contribution in [0.25, 0.3) is 0 Å². The summed E-state index contributed by atoms with van der Waals surface area (Å²) in [5.41, 5.74) is 5.17. The summed E-state index contributed by atoms with van der Waals surface area (Å²) < 4.78 is 46.7. The van der Waals surface area contributed by atoms with Crippen molar-refractivity contribution in [3.8, 4) is 0 Å². The number of benzene rings is 1. The molecule has 118 valence electrons. The second kappa shape index (κ2) is 6.37. The number of nitrogens with one attached hydrogen (secondary N) is 1. The zero-order valence-corrected chi connectivity index (χ0v) is 14.4. The van der Waals surface area contributed by atoms with Crippen molar-refractivity contribution < 1.29 is 17.5 Å². The maximum absolute atomic E-state index is 14.1. The number of halogens is 3. The van der Waals surface area contributed by atoms with Gasteiger partial charge in [-0.05, 0) is 41.8 Å². The molecule has 1 fully saturated rings. The van der Waals surface area contributed by atoms with E-state index in [0.29, 0.717) is 6.61 Å². The summed E-state index contributed by atoms with van der Waals surface area (Å²) in [4.78, 5) is -0.571. The summed E-state index contributed by atoms with van der Waals surface area (Å²) in [5.74, 6) is -1.03. The second-order valence-electron chi connectivity index (χ2n) is 4.86. The normalized spacial score (nSPS) is 20.7. The van der Waals surface area contributed by atoms with Gasteiger partial charge in [0, 0.05) is 12.6 Å². The Labute approximate surface area is 136 Å². The molecule has 2 rings (SSSR count). The monoisotopic (exact) mass is 400 g/mol. The highest BCUT2D eigenvalue weighted by molar-refractivity contribution is 9.10. The first-order chi connectivity index (χ1) is 9.74. The molecule has 1 saturated heterocycles. The van der Waals surface area contributed by atoms with Crippen LogP contribution in [-0.2, 0) is 14.8 Å². The van der Waals surface area contributed by atoms with Gasteiger partial charge < -0.3 is 10.5 Å². The number of rotatable bonds is 4. The SMILES string of the molecule is CC(NS(=O)(=O)c1cc(Cl)c(Br)c(N)c1F)C1CCCO1. The molecule has 0 saturated carbocycles. The van der Waals surface area contributed by atoms with Crippen LogP contribution in [0.15, 0.2) is 15.4 Å². The molecule has 0 radical (unpaired) electrons. The minimum Gasteiger partial charge on any atom is -0.395 e. The maximum atomic E-state index is 14.1. The number of sulfonamides is 1. The van der Waals surface area contributed by atoms with E-state index in [1.165, 1.54) is 0 Å². The Morgan fingerprint density at radius 1 is 1.62 bits per heavy atom. The molecule has 9 heteroatoms. The van der Waals surface area contributed by atoms with Gasteiger partial charge in [-0.1, -0.05) is 11.6 Å². The molecule has 1 heterocycles. The Morgan fingerprint density at radius 3 is 2.86 bits per heavy atom. The van der Waals surface area contributed by atoms with Crippen molar-refractivity contribution >= 4 is 43.2 Å². The van der Waals surface area contributed by atoms with Crippen molar-refractivity contribution in [2.24, 2.45) is 0 Å². The molecule has 0 aliphatic carbocycles. The first-order valence-corrected chi connectivity index (χ1v) is 8.96. The van der Waals surface area contributed by atoms with Crippen molar-refractivity contribution in [1.29, 1.82) is 0 Å². The summed E-state index contributed by atoms with van der Waals surface area (Å²) >= 11 is 8.85. The summed E-state index contributed by atoms with van der Waals surface area (Å²) in [6.07, 6.45) is 1.42. The van der Waals surface area contributed by atoms with Crippen molar-refractivity contribution in [3.05, 3.63) is 21.4 Å². The Balaban J connectivity index is 2.31. The summed E-state index contributed by atoms with van der Waals surface area (Å²) in [5, 5.41) is 0.0269. The van der Waals surface area contributed by atoms with Gasteiger partial charge in [0.2, 0.25) is 10.0 Å². The lowest BCUT2D eigenvalue weighted by Crippen LogP contribution is -2.41. The lowest BCUT2D eigenvalue weighted by atomic mass is 10.1. The first kappa shape index (κ1) is 17.0.